The minimum Gasteiger partial charge on any atom is -0.488 e. The minimum absolute atomic E-state index is 0.0524. The summed E-state index contributed by atoms with van der Waals surface area (Å²) in [5, 5.41) is 24.0. The van der Waals surface area contributed by atoms with E-state index < -0.39 is 30.2 Å². The van der Waals surface area contributed by atoms with E-state index in [1.165, 1.54) is 38.4 Å². The molecule has 6 aromatic rings. The SMILES string of the molecule is Cc1cc(Nc2ncc(Cl)c(Nc3cn(C)nc3S(=O)(=O)C(C)C)n2)c(OC2CC2)cc1C1CCN(CCF)CC1.Cc1cc(Nc2ncc(Cl)c(Nc3cn(C)nc3S(=O)(=O)C(C)C)n2)c(OC2CC2)cc1C1CCNCC1.FCCBr. The highest BCUT2D eigenvalue weighted by Crippen LogP contribution is 2.42. The maximum absolute atomic E-state index is 12.9. The average molecular weight is 1290 g/mol. The largest absolute Gasteiger partial charge is 0.488 e. The van der Waals surface area contributed by atoms with Gasteiger partial charge >= 0.3 is 0 Å². The number of nitrogens with zero attached hydrogens (tertiary/aromatic N) is 9. The topological polar surface area (TPSA) is 237 Å². The molecule has 20 nitrogen and oxygen atoms in total. The molecule has 5 N–H and O–H groups in total. The monoisotopic (exact) mass is 1290 g/mol. The van der Waals surface area contributed by atoms with Crippen molar-refractivity contribution in [1.29, 1.82) is 0 Å². The normalized spacial score (nSPS) is 16.2. The fourth-order valence-electron chi connectivity index (χ4n) is 9.63. The molecule has 0 unspecified atom stereocenters. The van der Waals surface area contributed by atoms with Gasteiger partial charge in [0.2, 0.25) is 41.6 Å². The number of rotatable bonds is 21. The van der Waals surface area contributed by atoms with Crippen molar-refractivity contribution in [3.8, 4) is 11.5 Å². The molecular formula is C56H75BrCl2F2N14O6S2. The number of sulfone groups is 2. The van der Waals surface area contributed by atoms with E-state index in [0.717, 1.165) is 106 Å². The van der Waals surface area contributed by atoms with Crippen LogP contribution in [0.15, 0.2) is 59.1 Å². The third-order valence-electron chi connectivity index (χ3n) is 14.5. The number of aryl methyl sites for hydroxylation is 4. The summed E-state index contributed by atoms with van der Waals surface area (Å²) in [7, 11) is -3.96. The second kappa shape index (κ2) is 28.2. The molecule has 0 radical (unpaired) electrons. The summed E-state index contributed by atoms with van der Waals surface area (Å²) in [5.74, 6) is 3.53. The highest BCUT2D eigenvalue weighted by atomic mass is 79.9. The summed E-state index contributed by atoms with van der Waals surface area (Å²) < 4.78 is 90.4. The Labute approximate surface area is 504 Å². The van der Waals surface area contributed by atoms with Crippen LogP contribution < -0.4 is 36.1 Å². The number of benzene rings is 2. The highest BCUT2D eigenvalue weighted by molar-refractivity contribution is 9.09. The molecule has 10 rings (SSSR count). The van der Waals surface area contributed by atoms with Gasteiger partial charge in [-0.3, -0.25) is 13.8 Å². The number of alkyl halides is 3. The Morgan fingerprint density at radius 1 is 0.639 bits per heavy atom. The van der Waals surface area contributed by atoms with E-state index in [1.807, 2.05) is 0 Å². The quantitative estimate of drug-likeness (QED) is 0.0421. The number of likely N-dealkylation sites (tertiary alicyclic amines) is 1. The molecule has 0 atom stereocenters. The van der Waals surface area contributed by atoms with E-state index in [2.05, 4.69) is 116 Å². The molecule has 2 aromatic carbocycles. The zero-order chi connectivity index (χ0) is 59.8. The summed E-state index contributed by atoms with van der Waals surface area (Å²) in [6.45, 7) is 14.4. The zero-order valence-electron chi connectivity index (χ0n) is 48.1. The maximum Gasteiger partial charge on any atom is 0.229 e. The van der Waals surface area contributed by atoms with Crippen LogP contribution in [0.2, 0.25) is 10.0 Å². The molecule has 4 aromatic heterocycles. The number of aromatic nitrogens is 8. The van der Waals surface area contributed by atoms with Crippen molar-refractivity contribution in [2.45, 2.75) is 138 Å². The predicted molar refractivity (Wildman–Crippen MR) is 327 cm³/mol. The fraction of sp³-hybridized carbons (Fsp3) is 0.536. The Balaban J connectivity index is 0.000000204. The second-order valence-electron chi connectivity index (χ2n) is 21.8. The Hall–Kier alpha value is -5.44. The highest BCUT2D eigenvalue weighted by Gasteiger charge is 2.32. The number of anilines is 8. The summed E-state index contributed by atoms with van der Waals surface area (Å²) in [5.41, 5.74) is 6.99. The van der Waals surface area contributed by atoms with E-state index in [0.29, 0.717) is 35.3 Å². The van der Waals surface area contributed by atoms with Gasteiger partial charge in [-0.25, -0.2) is 31.2 Å². The molecule has 27 heteroatoms. The van der Waals surface area contributed by atoms with Crippen molar-refractivity contribution in [3.63, 3.8) is 0 Å². The molecule has 4 aliphatic rings. The van der Waals surface area contributed by atoms with Gasteiger partial charge < -0.3 is 41.0 Å². The minimum atomic E-state index is -3.65. The fourth-order valence-corrected chi connectivity index (χ4v) is 12.1. The van der Waals surface area contributed by atoms with Crippen molar-refractivity contribution in [2.24, 2.45) is 14.1 Å². The lowest BCUT2D eigenvalue weighted by atomic mass is 9.86. The van der Waals surface area contributed by atoms with Crippen LogP contribution in [0.25, 0.3) is 0 Å². The van der Waals surface area contributed by atoms with Gasteiger partial charge in [-0.2, -0.15) is 20.2 Å². The molecule has 6 heterocycles. The molecule has 0 spiro atoms. The van der Waals surface area contributed by atoms with Crippen molar-refractivity contribution in [3.05, 3.63) is 81.4 Å². The molecular weight excluding hydrogens is 1220 g/mol. The predicted octanol–water partition coefficient (Wildman–Crippen LogP) is 11.7. The van der Waals surface area contributed by atoms with E-state index in [1.54, 1.807) is 54.2 Å². The molecule has 2 saturated carbocycles. The lowest BCUT2D eigenvalue weighted by molar-refractivity contribution is 0.196. The van der Waals surface area contributed by atoms with Gasteiger partial charge in [0.25, 0.3) is 0 Å². The molecule has 2 saturated heterocycles. The maximum atomic E-state index is 12.9. The van der Waals surface area contributed by atoms with Gasteiger partial charge in [-0.1, -0.05) is 39.1 Å². The van der Waals surface area contributed by atoms with Crippen molar-refractivity contribution in [1.82, 2.24) is 49.7 Å². The van der Waals surface area contributed by atoms with Crippen LogP contribution in [0, 0.1) is 13.8 Å². The molecule has 2 aliphatic carbocycles. The first kappa shape index (κ1) is 63.6. The zero-order valence-corrected chi connectivity index (χ0v) is 52.8. The second-order valence-corrected chi connectivity index (χ2v) is 28.2. The Bertz CT molecular complexity index is 3430. The summed E-state index contributed by atoms with van der Waals surface area (Å²) in [4.78, 5) is 20.0. The summed E-state index contributed by atoms with van der Waals surface area (Å²) in [6, 6.07) is 8.44. The molecule has 452 valence electrons. The van der Waals surface area contributed by atoms with Gasteiger partial charge in [0, 0.05) is 38.4 Å². The van der Waals surface area contributed by atoms with Crippen molar-refractivity contribution in [2.75, 3.05) is 72.7 Å². The smallest absolute Gasteiger partial charge is 0.229 e. The Morgan fingerprint density at radius 3 is 1.42 bits per heavy atom. The van der Waals surface area contributed by atoms with Crippen LogP contribution >= 0.6 is 39.1 Å². The van der Waals surface area contributed by atoms with Gasteiger partial charge in [0.1, 0.15) is 28.2 Å². The lowest BCUT2D eigenvalue weighted by Crippen LogP contribution is -2.34. The molecule has 2 aliphatic heterocycles. The number of ether oxygens (including phenoxy) is 2. The number of nitrogens with one attached hydrogen (secondary N) is 5. The number of halogens is 5. The standard InChI is InChI=1S/C28H37ClFN7O3S.C26H34ClN7O3S.C2H4BrF/c1-17(2)41(38,39)27-24(16-36(4)35-27)32-26-22(29)15-31-28(34-26)33-23-13-18(3)21(14-25(23)40-20-5-6-20)19-7-10-37(11-8-19)12-9-30;1-15(2)38(35,36)25-22(14-34(4)33-25)30-24-20(27)13-29-26(32-24)31-21-11-16(3)19(17-7-9-28-10-8-17)12-23(21)37-18-5-6-18;3-1-2-4/h13-17,19-20H,5-12H2,1-4H3,(H2,31,32,33,34);11-15,17-18,28H,5-10H2,1-4H3,(H2,29,30,31,32);1-2H2. The third-order valence-corrected chi connectivity index (χ3v) is 19.5. The molecule has 0 bridgehead atoms. The number of hydrogen-bond donors (Lipinski definition) is 5. The average Bonchev–Trinajstić information content (AvgIpc) is 4.51. The van der Waals surface area contributed by atoms with Gasteiger partial charge in [-0.15, -0.1) is 0 Å². The van der Waals surface area contributed by atoms with Gasteiger partial charge in [0.15, 0.2) is 11.6 Å². The van der Waals surface area contributed by atoms with Gasteiger partial charge in [-0.05, 0) is 177 Å². The lowest BCUT2D eigenvalue weighted by Gasteiger charge is -2.32. The van der Waals surface area contributed by atoms with Crippen molar-refractivity contribution >= 4 is 105 Å². The number of hydrogen-bond acceptors (Lipinski definition) is 18. The third kappa shape index (κ3) is 16.5. The van der Waals surface area contributed by atoms with E-state index >= 15 is 0 Å². The van der Waals surface area contributed by atoms with Crippen LogP contribution in [0.4, 0.5) is 55.1 Å². The van der Waals surface area contributed by atoms with Crippen molar-refractivity contribution < 1.29 is 35.1 Å². The first-order valence-corrected chi connectivity index (χ1v) is 33.0. The van der Waals surface area contributed by atoms with Crippen LogP contribution in [0.1, 0.15) is 113 Å². The molecule has 0 amide bonds. The molecule has 83 heavy (non-hydrogen) atoms. The van der Waals surface area contributed by atoms with Crippen LogP contribution in [-0.4, -0.2) is 135 Å². The van der Waals surface area contributed by atoms with E-state index in [-0.39, 0.29) is 68.9 Å². The van der Waals surface area contributed by atoms with E-state index in [4.69, 9.17) is 32.7 Å². The van der Waals surface area contributed by atoms with E-state index in [9.17, 15) is 25.6 Å². The Morgan fingerprint density at radius 2 is 1.05 bits per heavy atom. The Kier molecular flexibility index (Phi) is 21.6. The van der Waals surface area contributed by atoms with Crippen LogP contribution in [-0.2, 0) is 33.8 Å². The summed E-state index contributed by atoms with van der Waals surface area (Å²) in [6.07, 6.45) is 14.8. The first-order valence-electron chi connectivity index (χ1n) is 28.0. The van der Waals surface area contributed by atoms with Gasteiger partial charge in [0.05, 0.1) is 64.5 Å². The van der Waals surface area contributed by atoms with Crippen LogP contribution in [0.5, 0.6) is 11.5 Å². The molecule has 4 fully saturated rings. The van der Waals surface area contributed by atoms with Crippen LogP contribution in [0.3, 0.4) is 0 Å². The number of piperidine rings is 2. The summed E-state index contributed by atoms with van der Waals surface area (Å²) >= 11 is 15.7. The first-order chi connectivity index (χ1) is 39.6.